The molecule has 4 nitrogen and oxygen atoms in total. The van der Waals surface area contributed by atoms with Crippen molar-refractivity contribution in [3.8, 4) is 0 Å². The molecule has 0 rings (SSSR count). The highest BCUT2D eigenvalue weighted by molar-refractivity contribution is 4.90. The quantitative estimate of drug-likeness (QED) is 0.398. The van der Waals surface area contributed by atoms with Crippen LogP contribution in [-0.4, -0.2) is 45.8 Å². The number of hydrogen-bond acceptors (Lipinski definition) is 4. The highest BCUT2D eigenvalue weighted by atomic mass is 16.3. The van der Waals surface area contributed by atoms with Crippen molar-refractivity contribution in [2.45, 2.75) is 50.5 Å². The fourth-order valence-corrected chi connectivity index (χ4v) is 2.45. The molecule has 0 aliphatic carbocycles. The fraction of sp³-hybridized carbons (Fsp3) is 0.857. The molecule has 0 saturated carbocycles. The zero-order valence-corrected chi connectivity index (χ0v) is 11.2. The molecular weight excluding hydrogens is 232 g/mol. The maximum absolute atomic E-state index is 10.7. The summed E-state index contributed by atoms with van der Waals surface area (Å²) in [6.45, 7) is 3.94. The van der Waals surface area contributed by atoms with Crippen LogP contribution in [0.3, 0.4) is 0 Å². The average molecular weight is 260 g/mol. The van der Waals surface area contributed by atoms with Crippen molar-refractivity contribution in [3.05, 3.63) is 12.7 Å². The maximum atomic E-state index is 10.7. The van der Waals surface area contributed by atoms with E-state index in [0.717, 1.165) is 6.42 Å². The Morgan fingerprint density at radius 3 is 1.83 bits per heavy atom. The second kappa shape index (κ2) is 10.5. The number of aliphatic hydroxyl groups excluding tert-OH is 3. The first-order chi connectivity index (χ1) is 8.64. The molecule has 0 aliphatic heterocycles. The van der Waals surface area contributed by atoms with Crippen molar-refractivity contribution in [1.29, 1.82) is 0 Å². The van der Waals surface area contributed by atoms with Gasteiger partial charge in [0.25, 0.3) is 0 Å². The highest BCUT2D eigenvalue weighted by Gasteiger charge is 2.34. The van der Waals surface area contributed by atoms with Crippen LogP contribution in [-0.2, 0) is 0 Å². The molecular formula is C14H28O4. The van der Waals surface area contributed by atoms with Gasteiger partial charge >= 0.3 is 0 Å². The van der Waals surface area contributed by atoms with Gasteiger partial charge in [-0.1, -0.05) is 6.08 Å². The van der Waals surface area contributed by atoms with Gasteiger partial charge in [0.2, 0.25) is 0 Å². The summed E-state index contributed by atoms with van der Waals surface area (Å²) < 4.78 is 0. The van der Waals surface area contributed by atoms with Gasteiger partial charge in [0.15, 0.2) is 0 Å². The molecule has 0 heterocycles. The van der Waals surface area contributed by atoms with E-state index in [1.165, 1.54) is 0 Å². The largest absolute Gasteiger partial charge is 0.396 e. The molecule has 4 heteroatoms. The molecule has 1 unspecified atom stereocenters. The molecule has 0 aromatic carbocycles. The number of allylic oxidation sites excluding steroid dienone is 1. The number of aliphatic hydroxyl groups is 4. The lowest BCUT2D eigenvalue weighted by atomic mass is 9.76. The Hall–Kier alpha value is -0.420. The Bertz CT molecular complexity index is 198. The second-order valence-corrected chi connectivity index (χ2v) is 4.85. The topological polar surface area (TPSA) is 80.9 Å². The first kappa shape index (κ1) is 17.6. The third-order valence-electron chi connectivity index (χ3n) is 3.46. The Morgan fingerprint density at radius 1 is 0.944 bits per heavy atom. The lowest BCUT2D eigenvalue weighted by molar-refractivity contribution is -0.0457. The predicted octanol–water partition coefficient (Wildman–Crippen LogP) is 1.23. The van der Waals surface area contributed by atoms with Gasteiger partial charge in [-0.25, -0.2) is 0 Å². The Morgan fingerprint density at radius 2 is 1.44 bits per heavy atom. The van der Waals surface area contributed by atoms with Crippen LogP contribution in [0.5, 0.6) is 0 Å². The molecule has 0 fully saturated rings. The minimum Gasteiger partial charge on any atom is -0.396 e. The first-order valence-corrected chi connectivity index (χ1v) is 6.80. The smallest absolute Gasteiger partial charge is 0.0680 e. The van der Waals surface area contributed by atoms with E-state index < -0.39 is 5.60 Å². The molecule has 0 radical (unpaired) electrons. The normalized spacial score (nSPS) is 13.6. The number of hydrogen-bond donors (Lipinski definition) is 4. The lowest BCUT2D eigenvalue weighted by Gasteiger charge is -2.36. The van der Waals surface area contributed by atoms with E-state index in [2.05, 4.69) is 6.58 Å². The highest BCUT2D eigenvalue weighted by Crippen LogP contribution is 2.34. The van der Waals surface area contributed by atoms with Crippen molar-refractivity contribution >= 4 is 0 Å². The SMILES string of the molecule is C=CCC(CCCO)C(O)(CCCO)CCCO. The molecule has 0 bridgehead atoms. The minimum absolute atomic E-state index is 0.0280. The molecule has 0 saturated heterocycles. The standard InChI is InChI=1S/C14H28O4/c1-2-6-13(7-3-10-15)14(18,8-4-11-16)9-5-12-17/h2,13,15-18H,1,3-12H2. The Labute approximate surface area is 110 Å². The summed E-state index contributed by atoms with van der Waals surface area (Å²) in [4.78, 5) is 0. The van der Waals surface area contributed by atoms with Crippen LogP contribution in [0.1, 0.15) is 44.9 Å². The fourth-order valence-electron chi connectivity index (χ4n) is 2.45. The molecule has 0 aromatic rings. The third kappa shape index (κ3) is 6.50. The summed E-state index contributed by atoms with van der Waals surface area (Å²) in [5.74, 6) is 0.0280. The molecule has 0 aliphatic rings. The van der Waals surface area contributed by atoms with Gasteiger partial charge < -0.3 is 20.4 Å². The van der Waals surface area contributed by atoms with Gasteiger partial charge in [0.1, 0.15) is 0 Å². The van der Waals surface area contributed by atoms with Crippen LogP contribution in [0.2, 0.25) is 0 Å². The predicted molar refractivity (Wildman–Crippen MR) is 72.2 cm³/mol. The second-order valence-electron chi connectivity index (χ2n) is 4.85. The molecule has 108 valence electrons. The van der Waals surface area contributed by atoms with E-state index in [0.29, 0.717) is 38.5 Å². The van der Waals surface area contributed by atoms with Gasteiger partial charge in [-0.2, -0.15) is 0 Å². The van der Waals surface area contributed by atoms with E-state index in [-0.39, 0.29) is 25.7 Å². The molecule has 18 heavy (non-hydrogen) atoms. The van der Waals surface area contributed by atoms with Crippen molar-refractivity contribution in [3.63, 3.8) is 0 Å². The first-order valence-electron chi connectivity index (χ1n) is 6.80. The van der Waals surface area contributed by atoms with Gasteiger partial charge in [-0.05, 0) is 50.9 Å². The van der Waals surface area contributed by atoms with Crippen LogP contribution in [0, 0.1) is 5.92 Å². The summed E-state index contributed by atoms with van der Waals surface area (Å²) >= 11 is 0. The van der Waals surface area contributed by atoms with Gasteiger partial charge in [-0.15, -0.1) is 6.58 Å². The molecule has 0 aromatic heterocycles. The van der Waals surface area contributed by atoms with Crippen LogP contribution in [0.25, 0.3) is 0 Å². The van der Waals surface area contributed by atoms with E-state index in [1.54, 1.807) is 6.08 Å². The van der Waals surface area contributed by atoms with Crippen molar-refractivity contribution in [1.82, 2.24) is 0 Å². The summed E-state index contributed by atoms with van der Waals surface area (Å²) in [5.41, 5.74) is -0.880. The third-order valence-corrected chi connectivity index (χ3v) is 3.46. The van der Waals surface area contributed by atoms with Crippen LogP contribution >= 0.6 is 0 Å². The van der Waals surface area contributed by atoms with Crippen molar-refractivity contribution < 1.29 is 20.4 Å². The molecule has 0 spiro atoms. The summed E-state index contributed by atoms with van der Waals surface area (Å²) in [7, 11) is 0. The van der Waals surface area contributed by atoms with Crippen molar-refractivity contribution in [2.24, 2.45) is 5.92 Å². The van der Waals surface area contributed by atoms with E-state index in [1.807, 2.05) is 0 Å². The number of rotatable bonds is 12. The van der Waals surface area contributed by atoms with E-state index >= 15 is 0 Å². The summed E-state index contributed by atoms with van der Waals surface area (Å²) in [5, 5.41) is 37.5. The monoisotopic (exact) mass is 260 g/mol. The van der Waals surface area contributed by atoms with E-state index in [9.17, 15) is 5.11 Å². The van der Waals surface area contributed by atoms with Gasteiger partial charge in [0.05, 0.1) is 5.60 Å². The summed E-state index contributed by atoms with van der Waals surface area (Å²) in [6.07, 6.45) is 6.00. The van der Waals surface area contributed by atoms with Gasteiger partial charge in [0, 0.05) is 19.8 Å². The average Bonchev–Trinajstić information content (AvgIpc) is 2.38. The Balaban J connectivity index is 4.64. The summed E-state index contributed by atoms with van der Waals surface area (Å²) in [6, 6.07) is 0. The van der Waals surface area contributed by atoms with Gasteiger partial charge in [-0.3, -0.25) is 0 Å². The molecule has 1 atom stereocenters. The van der Waals surface area contributed by atoms with Crippen molar-refractivity contribution in [2.75, 3.05) is 19.8 Å². The van der Waals surface area contributed by atoms with Crippen LogP contribution < -0.4 is 0 Å². The molecule has 0 amide bonds. The maximum Gasteiger partial charge on any atom is 0.0680 e. The van der Waals surface area contributed by atoms with Crippen LogP contribution in [0.15, 0.2) is 12.7 Å². The van der Waals surface area contributed by atoms with E-state index in [4.69, 9.17) is 15.3 Å². The zero-order valence-electron chi connectivity index (χ0n) is 11.2. The minimum atomic E-state index is -0.880. The molecule has 4 N–H and O–H groups in total. The lowest BCUT2D eigenvalue weighted by Crippen LogP contribution is -2.38. The van der Waals surface area contributed by atoms with Crippen LogP contribution in [0.4, 0.5) is 0 Å². The Kier molecular flexibility index (Phi) is 10.3. The zero-order chi connectivity index (χ0) is 13.9.